The smallest absolute Gasteiger partial charge is 0.410 e. The summed E-state index contributed by atoms with van der Waals surface area (Å²) >= 11 is 0. The lowest BCUT2D eigenvalue weighted by Crippen LogP contribution is -2.61. The zero-order chi connectivity index (χ0) is 21.7. The van der Waals surface area contributed by atoms with E-state index in [1.54, 1.807) is 4.90 Å². The van der Waals surface area contributed by atoms with E-state index < -0.39 is 17.2 Å². The summed E-state index contributed by atoms with van der Waals surface area (Å²) < 4.78 is 5.33. The third kappa shape index (κ3) is 7.80. The van der Waals surface area contributed by atoms with Crippen LogP contribution in [0, 0.1) is 5.92 Å². The molecule has 1 saturated heterocycles. The van der Waals surface area contributed by atoms with E-state index in [1.165, 1.54) is 0 Å². The third-order valence-electron chi connectivity index (χ3n) is 5.85. The number of ether oxygens (including phenoxy) is 1. The van der Waals surface area contributed by atoms with Gasteiger partial charge in [-0.15, -0.1) is 0 Å². The standard InChI is InChI=1S/C22H37N3O4.2H2S/c1-16(2)19(27)22-11-12-25(15-22)20(28)29-13-9-7-6-8-10-21(5,24-17(3)4)18(26)14-23-22;;/h7,9,16-17,23-24H,6,8,10-15H2,1-5H3;2*1H2/t21-,22-;;/m0../s1. The van der Waals surface area contributed by atoms with Gasteiger partial charge in [-0.2, -0.15) is 27.0 Å². The lowest BCUT2D eigenvalue weighted by molar-refractivity contribution is -0.129. The summed E-state index contributed by atoms with van der Waals surface area (Å²) in [6.45, 7) is 10.7. The van der Waals surface area contributed by atoms with Crippen LogP contribution in [0.15, 0.2) is 12.2 Å². The first-order valence-electron chi connectivity index (χ1n) is 10.8. The van der Waals surface area contributed by atoms with Gasteiger partial charge in [0.25, 0.3) is 0 Å². The first kappa shape index (κ1) is 30.0. The van der Waals surface area contributed by atoms with E-state index in [1.807, 2.05) is 46.8 Å². The number of carbonyl (C=O) groups excluding carboxylic acids is 3. The lowest BCUT2D eigenvalue weighted by Gasteiger charge is -2.35. The highest BCUT2D eigenvalue weighted by Gasteiger charge is 2.47. The Morgan fingerprint density at radius 1 is 1.16 bits per heavy atom. The fourth-order valence-corrected chi connectivity index (χ4v) is 4.29. The molecule has 9 heteroatoms. The molecule has 2 N–H and O–H groups in total. The van der Waals surface area contributed by atoms with Gasteiger partial charge in [-0.05, 0) is 46.5 Å². The SMILES string of the molecule is CC(C)N[C@@]1(C)CCCC=CCOC(=O)N2CC[C@@](C(=O)C(C)C)(C2)NCC1=O.S.S. The van der Waals surface area contributed by atoms with Crippen LogP contribution in [0.1, 0.15) is 60.3 Å². The minimum Gasteiger partial charge on any atom is -0.445 e. The van der Waals surface area contributed by atoms with Gasteiger partial charge in [0, 0.05) is 25.0 Å². The van der Waals surface area contributed by atoms with Gasteiger partial charge in [0.05, 0.1) is 17.6 Å². The van der Waals surface area contributed by atoms with Gasteiger partial charge < -0.3 is 15.0 Å². The van der Waals surface area contributed by atoms with Gasteiger partial charge in [0.2, 0.25) is 0 Å². The molecular formula is C22H41N3O4S2. The summed E-state index contributed by atoms with van der Waals surface area (Å²) in [4.78, 5) is 40.2. The summed E-state index contributed by atoms with van der Waals surface area (Å²) in [6.07, 6.45) is 6.25. The molecule has 0 saturated carbocycles. The molecule has 2 bridgehead atoms. The summed E-state index contributed by atoms with van der Waals surface area (Å²) in [5.74, 6) is -0.121. The van der Waals surface area contributed by atoms with Gasteiger partial charge in [-0.1, -0.05) is 26.0 Å². The minimum absolute atomic E-state index is 0. The molecule has 0 aromatic carbocycles. The molecule has 7 nitrogen and oxygen atoms in total. The molecule has 31 heavy (non-hydrogen) atoms. The number of carbonyl (C=O) groups is 3. The molecule has 0 aromatic heterocycles. The quantitative estimate of drug-likeness (QED) is 0.608. The maximum atomic E-state index is 13.2. The molecule has 2 aliphatic rings. The van der Waals surface area contributed by atoms with Gasteiger partial charge >= 0.3 is 6.09 Å². The number of amides is 1. The van der Waals surface area contributed by atoms with E-state index in [0.717, 1.165) is 12.8 Å². The van der Waals surface area contributed by atoms with Crippen molar-refractivity contribution in [2.75, 3.05) is 26.2 Å². The number of ketones is 2. The van der Waals surface area contributed by atoms with Gasteiger partial charge in [0.15, 0.2) is 11.6 Å². The predicted octanol–water partition coefficient (Wildman–Crippen LogP) is 2.67. The molecule has 0 radical (unpaired) electrons. The normalized spacial score (nSPS) is 27.8. The number of nitrogens with one attached hydrogen (secondary N) is 2. The Labute approximate surface area is 201 Å². The number of rotatable bonds is 4. The van der Waals surface area contributed by atoms with Crippen LogP contribution < -0.4 is 10.6 Å². The Morgan fingerprint density at radius 3 is 2.45 bits per heavy atom. The second-order valence-corrected chi connectivity index (χ2v) is 9.12. The molecule has 2 atom stereocenters. The van der Waals surface area contributed by atoms with Crippen LogP contribution >= 0.6 is 27.0 Å². The second kappa shape index (κ2) is 12.9. The first-order valence-corrected chi connectivity index (χ1v) is 10.8. The van der Waals surface area contributed by atoms with E-state index in [0.29, 0.717) is 19.4 Å². The zero-order valence-corrected chi connectivity index (χ0v) is 21.5. The van der Waals surface area contributed by atoms with E-state index >= 15 is 0 Å². The van der Waals surface area contributed by atoms with Crippen LogP contribution in [0.2, 0.25) is 0 Å². The Kier molecular flexibility index (Phi) is 12.4. The van der Waals surface area contributed by atoms with Crippen molar-refractivity contribution < 1.29 is 19.1 Å². The largest absolute Gasteiger partial charge is 0.445 e. The zero-order valence-electron chi connectivity index (χ0n) is 19.5. The predicted molar refractivity (Wildman–Crippen MR) is 134 cm³/mol. The van der Waals surface area contributed by atoms with Crippen molar-refractivity contribution in [3.63, 3.8) is 0 Å². The number of Topliss-reactive ketones (excluding diaryl/α,β-unsaturated/α-hetero) is 2. The fraction of sp³-hybridized carbons (Fsp3) is 0.773. The monoisotopic (exact) mass is 475 g/mol. The molecule has 0 aliphatic carbocycles. The number of hydrogen-bond acceptors (Lipinski definition) is 6. The Balaban J connectivity index is 0.00000450. The molecule has 2 heterocycles. The van der Waals surface area contributed by atoms with Crippen molar-refractivity contribution >= 4 is 44.7 Å². The molecule has 1 fully saturated rings. The van der Waals surface area contributed by atoms with E-state index in [-0.39, 0.29) is 70.2 Å². The van der Waals surface area contributed by atoms with Crippen molar-refractivity contribution in [3.05, 3.63) is 12.2 Å². The summed E-state index contributed by atoms with van der Waals surface area (Å²) in [6, 6.07) is 0.167. The maximum absolute atomic E-state index is 13.2. The van der Waals surface area contributed by atoms with Crippen LogP contribution in [-0.4, -0.2) is 65.9 Å². The molecule has 1 amide bonds. The Hall–Kier alpha value is -1.03. The molecular weight excluding hydrogens is 434 g/mol. The highest BCUT2D eigenvalue weighted by Crippen LogP contribution is 2.27. The lowest BCUT2D eigenvalue weighted by atomic mass is 9.84. The average molecular weight is 476 g/mol. The van der Waals surface area contributed by atoms with Crippen molar-refractivity contribution in [3.8, 4) is 0 Å². The number of fused-ring (bicyclic) bond motifs is 2. The number of nitrogens with zero attached hydrogens (tertiary/aromatic N) is 1. The van der Waals surface area contributed by atoms with Crippen molar-refractivity contribution in [1.82, 2.24) is 15.5 Å². The van der Waals surface area contributed by atoms with Crippen LogP contribution in [-0.2, 0) is 14.3 Å². The van der Waals surface area contributed by atoms with Gasteiger partial charge in [-0.3, -0.25) is 14.9 Å². The molecule has 2 rings (SSSR count). The summed E-state index contributed by atoms with van der Waals surface area (Å²) in [5, 5.41) is 6.70. The van der Waals surface area contributed by atoms with Crippen LogP contribution in [0.3, 0.4) is 0 Å². The van der Waals surface area contributed by atoms with E-state index in [9.17, 15) is 14.4 Å². The molecule has 0 unspecified atom stereocenters. The Morgan fingerprint density at radius 2 is 1.84 bits per heavy atom. The average Bonchev–Trinajstić information content (AvgIpc) is 3.08. The van der Waals surface area contributed by atoms with Crippen molar-refractivity contribution in [2.24, 2.45) is 5.92 Å². The van der Waals surface area contributed by atoms with Gasteiger partial charge in [-0.25, -0.2) is 4.79 Å². The highest BCUT2D eigenvalue weighted by molar-refractivity contribution is 7.59. The van der Waals surface area contributed by atoms with Crippen LogP contribution in [0.4, 0.5) is 4.79 Å². The Bertz CT molecular complexity index is 657. The third-order valence-corrected chi connectivity index (χ3v) is 5.85. The second-order valence-electron chi connectivity index (χ2n) is 9.12. The van der Waals surface area contributed by atoms with Crippen LogP contribution in [0.25, 0.3) is 0 Å². The topological polar surface area (TPSA) is 87.7 Å². The van der Waals surface area contributed by atoms with Gasteiger partial charge in [0.1, 0.15) is 6.61 Å². The van der Waals surface area contributed by atoms with E-state index in [2.05, 4.69) is 10.6 Å². The number of cyclic esters (lactones) is 1. The summed E-state index contributed by atoms with van der Waals surface area (Å²) in [7, 11) is 0. The van der Waals surface area contributed by atoms with Crippen LogP contribution in [0.5, 0.6) is 0 Å². The van der Waals surface area contributed by atoms with Crippen molar-refractivity contribution in [1.29, 1.82) is 0 Å². The molecule has 2 aliphatic heterocycles. The highest BCUT2D eigenvalue weighted by atomic mass is 32.1. The molecule has 180 valence electrons. The number of allylic oxidation sites excluding steroid dienone is 1. The number of hydrogen-bond donors (Lipinski definition) is 2. The minimum atomic E-state index is -0.905. The fourth-order valence-electron chi connectivity index (χ4n) is 4.29. The summed E-state index contributed by atoms with van der Waals surface area (Å²) in [5.41, 5.74) is -1.57. The first-order chi connectivity index (χ1) is 13.6. The molecule has 0 spiro atoms. The van der Waals surface area contributed by atoms with Crippen molar-refractivity contribution in [2.45, 2.75) is 77.4 Å². The maximum Gasteiger partial charge on any atom is 0.410 e. The molecule has 0 aromatic rings. The van der Waals surface area contributed by atoms with E-state index in [4.69, 9.17) is 4.74 Å².